The van der Waals surface area contributed by atoms with Crippen LogP contribution < -0.4 is 0 Å². The minimum absolute atomic E-state index is 0.347. The molecule has 0 saturated heterocycles. The Morgan fingerprint density at radius 2 is 1.50 bits per heavy atom. The van der Waals surface area contributed by atoms with Gasteiger partial charge in [0.2, 0.25) is 0 Å². The fraction of sp³-hybridized carbons (Fsp3) is 0.500. The molecule has 0 aliphatic heterocycles. The molecular weight excluding hydrogens is 220 g/mol. The van der Waals surface area contributed by atoms with Crippen LogP contribution in [0.4, 0.5) is 17.6 Å². The first kappa shape index (κ1) is 13.0. The van der Waals surface area contributed by atoms with Gasteiger partial charge >= 0.3 is 6.18 Å². The maximum atomic E-state index is 13.4. The fourth-order valence-corrected chi connectivity index (χ4v) is 1.41. The topological polar surface area (TPSA) is 0 Å². The Hall–Kier alpha value is -1.06. The molecule has 0 amide bonds. The van der Waals surface area contributed by atoms with Gasteiger partial charge in [-0.1, -0.05) is 20.8 Å². The van der Waals surface area contributed by atoms with E-state index >= 15 is 0 Å². The Morgan fingerprint density at radius 1 is 1.00 bits per heavy atom. The van der Waals surface area contributed by atoms with Crippen molar-refractivity contribution in [2.75, 3.05) is 0 Å². The summed E-state index contributed by atoms with van der Waals surface area (Å²) in [6.07, 6.45) is -4.51. The smallest absolute Gasteiger partial charge is 0.207 e. The largest absolute Gasteiger partial charge is 0.416 e. The second kappa shape index (κ2) is 3.75. The van der Waals surface area contributed by atoms with E-state index in [1.165, 1.54) is 6.07 Å². The third kappa shape index (κ3) is 2.54. The molecule has 0 spiro atoms. The van der Waals surface area contributed by atoms with E-state index in [1.807, 2.05) is 0 Å². The van der Waals surface area contributed by atoms with Crippen LogP contribution in [0, 0.1) is 12.7 Å². The first-order chi connectivity index (χ1) is 7.03. The molecule has 0 aromatic heterocycles. The lowest BCUT2D eigenvalue weighted by molar-refractivity contribution is -0.138. The van der Waals surface area contributed by atoms with E-state index < -0.39 is 23.0 Å². The Labute approximate surface area is 92.3 Å². The summed E-state index contributed by atoms with van der Waals surface area (Å²) in [5, 5.41) is 0. The molecule has 0 bridgehead atoms. The summed E-state index contributed by atoms with van der Waals surface area (Å²) in [6, 6.07) is 2.20. The normalized spacial score (nSPS) is 13.0. The molecule has 0 aliphatic carbocycles. The van der Waals surface area contributed by atoms with Gasteiger partial charge in [-0.05, 0) is 35.6 Å². The van der Waals surface area contributed by atoms with Gasteiger partial charge in [-0.15, -0.1) is 0 Å². The standard InChI is InChI=1S/C12H14F4/c1-7-9(12(14,15)16)5-8(6-10(7)13)11(2,3)4/h5-6H,1-4H3. The molecular formula is C12H14F4. The third-order valence-electron chi connectivity index (χ3n) is 2.52. The third-order valence-corrected chi connectivity index (χ3v) is 2.52. The second-order valence-corrected chi connectivity index (χ2v) is 4.88. The van der Waals surface area contributed by atoms with Crippen molar-refractivity contribution >= 4 is 0 Å². The molecule has 0 N–H and O–H groups in total. The average molecular weight is 234 g/mol. The van der Waals surface area contributed by atoms with Crippen molar-refractivity contribution in [3.8, 4) is 0 Å². The molecule has 0 nitrogen and oxygen atoms in total. The summed E-state index contributed by atoms with van der Waals surface area (Å²) >= 11 is 0. The molecule has 0 unspecified atom stereocenters. The number of hydrogen-bond acceptors (Lipinski definition) is 0. The number of halogens is 4. The van der Waals surface area contributed by atoms with Gasteiger partial charge in [0, 0.05) is 0 Å². The monoisotopic (exact) mass is 234 g/mol. The van der Waals surface area contributed by atoms with Crippen molar-refractivity contribution < 1.29 is 17.6 Å². The van der Waals surface area contributed by atoms with E-state index in [9.17, 15) is 17.6 Å². The summed E-state index contributed by atoms with van der Waals surface area (Å²) < 4.78 is 51.3. The molecule has 16 heavy (non-hydrogen) atoms. The van der Waals surface area contributed by atoms with Crippen LogP contribution in [0.15, 0.2) is 12.1 Å². The Morgan fingerprint density at radius 3 is 1.88 bits per heavy atom. The lowest BCUT2D eigenvalue weighted by atomic mass is 9.85. The van der Waals surface area contributed by atoms with E-state index in [2.05, 4.69) is 0 Å². The van der Waals surface area contributed by atoms with Crippen LogP contribution in [0.25, 0.3) is 0 Å². The molecule has 1 aromatic carbocycles. The molecule has 1 rings (SSSR count). The predicted molar refractivity (Wildman–Crippen MR) is 54.8 cm³/mol. The average Bonchev–Trinajstić information content (AvgIpc) is 2.05. The van der Waals surface area contributed by atoms with Crippen molar-refractivity contribution in [3.05, 3.63) is 34.6 Å². The van der Waals surface area contributed by atoms with E-state index in [-0.39, 0.29) is 5.56 Å². The van der Waals surface area contributed by atoms with Crippen LogP contribution >= 0.6 is 0 Å². The van der Waals surface area contributed by atoms with E-state index in [1.54, 1.807) is 20.8 Å². The highest BCUT2D eigenvalue weighted by molar-refractivity contribution is 5.37. The molecule has 4 heteroatoms. The molecule has 0 heterocycles. The number of hydrogen-bond donors (Lipinski definition) is 0. The summed E-state index contributed by atoms with van der Waals surface area (Å²) in [5.74, 6) is -0.806. The molecule has 0 saturated carbocycles. The van der Waals surface area contributed by atoms with Gasteiger partial charge in [-0.25, -0.2) is 4.39 Å². The summed E-state index contributed by atoms with van der Waals surface area (Å²) in [5.41, 5.74) is -1.39. The van der Waals surface area contributed by atoms with Crippen LogP contribution in [0.5, 0.6) is 0 Å². The van der Waals surface area contributed by atoms with Crippen molar-refractivity contribution in [2.45, 2.75) is 39.3 Å². The highest BCUT2D eigenvalue weighted by atomic mass is 19.4. The first-order valence-electron chi connectivity index (χ1n) is 4.91. The second-order valence-electron chi connectivity index (χ2n) is 4.88. The maximum Gasteiger partial charge on any atom is 0.416 e. The van der Waals surface area contributed by atoms with E-state index in [0.717, 1.165) is 13.0 Å². The Bertz CT molecular complexity index is 397. The van der Waals surface area contributed by atoms with Crippen molar-refractivity contribution in [2.24, 2.45) is 0 Å². The van der Waals surface area contributed by atoms with Crippen LogP contribution in [-0.2, 0) is 11.6 Å². The van der Waals surface area contributed by atoms with Gasteiger partial charge in [0.15, 0.2) is 0 Å². The zero-order valence-electron chi connectivity index (χ0n) is 9.67. The molecule has 0 radical (unpaired) electrons. The molecule has 0 fully saturated rings. The minimum atomic E-state index is -4.51. The number of alkyl halides is 3. The van der Waals surface area contributed by atoms with Crippen molar-refractivity contribution in [1.29, 1.82) is 0 Å². The zero-order valence-corrected chi connectivity index (χ0v) is 9.67. The first-order valence-corrected chi connectivity index (χ1v) is 4.91. The van der Waals surface area contributed by atoms with Gasteiger partial charge in [0.05, 0.1) is 5.56 Å². The number of benzene rings is 1. The van der Waals surface area contributed by atoms with Gasteiger partial charge in [-0.3, -0.25) is 0 Å². The van der Waals surface area contributed by atoms with Crippen molar-refractivity contribution in [3.63, 3.8) is 0 Å². The Balaban J connectivity index is 3.46. The highest BCUT2D eigenvalue weighted by Gasteiger charge is 2.34. The summed E-state index contributed by atoms with van der Waals surface area (Å²) in [6.45, 7) is 6.39. The van der Waals surface area contributed by atoms with Gasteiger partial charge in [-0.2, -0.15) is 13.2 Å². The molecule has 0 atom stereocenters. The van der Waals surface area contributed by atoms with Gasteiger partial charge in [0.1, 0.15) is 5.82 Å². The van der Waals surface area contributed by atoms with Gasteiger partial charge < -0.3 is 0 Å². The lowest BCUT2D eigenvalue weighted by Gasteiger charge is -2.22. The summed E-state index contributed by atoms with van der Waals surface area (Å²) in [4.78, 5) is 0. The molecule has 90 valence electrons. The van der Waals surface area contributed by atoms with E-state index in [4.69, 9.17) is 0 Å². The fourth-order valence-electron chi connectivity index (χ4n) is 1.41. The SMILES string of the molecule is Cc1c(F)cc(C(C)(C)C)cc1C(F)(F)F. The maximum absolute atomic E-state index is 13.4. The van der Waals surface area contributed by atoms with Crippen LogP contribution in [0.1, 0.15) is 37.5 Å². The molecule has 1 aromatic rings. The summed E-state index contributed by atoms with van der Waals surface area (Å²) in [7, 11) is 0. The number of rotatable bonds is 0. The quantitative estimate of drug-likeness (QED) is 0.582. The predicted octanol–water partition coefficient (Wildman–Crippen LogP) is 4.45. The lowest BCUT2D eigenvalue weighted by Crippen LogP contribution is -2.16. The van der Waals surface area contributed by atoms with Gasteiger partial charge in [0.25, 0.3) is 0 Å². The van der Waals surface area contributed by atoms with Crippen molar-refractivity contribution in [1.82, 2.24) is 0 Å². The van der Waals surface area contributed by atoms with Crippen LogP contribution in [0.2, 0.25) is 0 Å². The zero-order chi connectivity index (χ0) is 12.7. The Kier molecular flexibility index (Phi) is 3.05. The van der Waals surface area contributed by atoms with Crippen LogP contribution in [0.3, 0.4) is 0 Å². The van der Waals surface area contributed by atoms with Crippen LogP contribution in [-0.4, -0.2) is 0 Å². The minimum Gasteiger partial charge on any atom is -0.207 e. The molecule has 0 aliphatic rings. The van der Waals surface area contributed by atoms with E-state index in [0.29, 0.717) is 5.56 Å². The highest BCUT2D eigenvalue weighted by Crippen LogP contribution is 2.36.